The van der Waals surface area contributed by atoms with Gasteiger partial charge in [-0.25, -0.2) is 8.42 Å². The van der Waals surface area contributed by atoms with E-state index in [1.165, 1.54) is 0 Å². The summed E-state index contributed by atoms with van der Waals surface area (Å²) in [5.74, 6) is 0.184. The Hall–Kier alpha value is -0.250. The van der Waals surface area contributed by atoms with Crippen molar-refractivity contribution in [2.24, 2.45) is 0 Å². The molecule has 16 heavy (non-hydrogen) atoms. The second kappa shape index (κ2) is 5.39. The van der Waals surface area contributed by atoms with Gasteiger partial charge >= 0.3 is 0 Å². The first-order valence-corrected chi connectivity index (χ1v) is 7.89. The van der Waals surface area contributed by atoms with E-state index in [1.54, 1.807) is 12.1 Å². The number of halogens is 2. The maximum atomic E-state index is 10.9. The Morgan fingerprint density at radius 3 is 2.44 bits per heavy atom. The summed E-state index contributed by atoms with van der Waals surface area (Å²) in [6, 6.07) is 5.30. The second-order valence-electron chi connectivity index (χ2n) is 3.85. The molecule has 90 valence electrons. The van der Waals surface area contributed by atoms with E-state index in [2.05, 4.69) is 13.8 Å². The molecule has 0 bridgehead atoms. The molecule has 1 aromatic carbocycles. The topological polar surface area (TPSA) is 34.1 Å². The molecule has 0 aromatic heterocycles. The lowest BCUT2D eigenvalue weighted by molar-refractivity contribution is 0.609. The normalized spacial score (nSPS) is 13.8. The lowest BCUT2D eigenvalue weighted by Crippen LogP contribution is -1.98. The third-order valence-corrected chi connectivity index (χ3v) is 3.88. The van der Waals surface area contributed by atoms with Crippen LogP contribution in [0.4, 0.5) is 0 Å². The highest BCUT2D eigenvalue weighted by Crippen LogP contribution is 2.28. The Morgan fingerprint density at radius 2 is 2.00 bits per heavy atom. The van der Waals surface area contributed by atoms with Crippen molar-refractivity contribution in [2.75, 3.05) is 0 Å². The zero-order chi connectivity index (χ0) is 12.3. The van der Waals surface area contributed by atoms with Crippen LogP contribution in [0.2, 0.25) is 5.02 Å². The van der Waals surface area contributed by atoms with Crippen molar-refractivity contribution in [3.05, 3.63) is 34.3 Å². The van der Waals surface area contributed by atoms with Gasteiger partial charge in [0.2, 0.25) is 9.05 Å². The fourth-order valence-electron chi connectivity index (χ4n) is 1.48. The zero-order valence-corrected chi connectivity index (χ0v) is 11.5. The number of rotatable bonds is 4. The minimum absolute atomic E-state index is 0.185. The van der Waals surface area contributed by atoms with Gasteiger partial charge in [0.15, 0.2) is 0 Å². The summed E-state index contributed by atoms with van der Waals surface area (Å²) in [6.45, 7) is 4.16. The maximum Gasteiger partial charge on any atom is 0.236 e. The van der Waals surface area contributed by atoms with E-state index in [9.17, 15) is 8.42 Å². The van der Waals surface area contributed by atoms with E-state index in [0.29, 0.717) is 16.5 Å². The van der Waals surface area contributed by atoms with Crippen LogP contribution in [0, 0.1) is 0 Å². The fourth-order valence-corrected chi connectivity index (χ4v) is 2.82. The smallest absolute Gasteiger partial charge is 0.212 e. The Bertz CT molecular complexity index is 469. The van der Waals surface area contributed by atoms with Crippen LogP contribution in [-0.4, -0.2) is 8.42 Å². The van der Waals surface area contributed by atoms with E-state index < -0.39 is 9.05 Å². The summed E-state index contributed by atoms with van der Waals surface area (Å²) in [7, 11) is 1.66. The van der Waals surface area contributed by atoms with Crippen molar-refractivity contribution in [3.8, 4) is 0 Å². The highest BCUT2D eigenvalue weighted by atomic mass is 35.7. The van der Waals surface area contributed by atoms with Gasteiger partial charge in [-0.2, -0.15) is 0 Å². The summed E-state index contributed by atoms with van der Waals surface area (Å²) < 4.78 is 21.8. The van der Waals surface area contributed by atoms with Gasteiger partial charge in [0, 0.05) is 15.7 Å². The number of hydrogen-bond acceptors (Lipinski definition) is 2. The van der Waals surface area contributed by atoms with Gasteiger partial charge in [0.05, 0.1) is 5.75 Å². The van der Waals surface area contributed by atoms with E-state index in [0.717, 1.165) is 12.0 Å². The van der Waals surface area contributed by atoms with Crippen LogP contribution in [0.1, 0.15) is 37.3 Å². The molecular weight excluding hydrogens is 267 g/mol. The zero-order valence-electron chi connectivity index (χ0n) is 9.20. The van der Waals surface area contributed by atoms with Crippen molar-refractivity contribution in [2.45, 2.75) is 31.9 Å². The molecule has 0 aliphatic carbocycles. The summed E-state index contributed by atoms with van der Waals surface area (Å²) in [6.07, 6.45) is 0.993. The van der Waals surface area contributed by atoms with Crippen molar-refractivity contribution in [1.29, 1.82) is 0 Å². The molecule has 1 atom stereocenters. The van der Waals surface area contributed by atoms with Crippen LogP contribution in [-0.2, 0) is 14.8 Å². The molecule has 2 nitrogen and oxygen atoms in total. The highest BCUT2D eigenvalue weighted by molar-refractivity contribution is 8.13. The van der Waals surface area contributed by atoms with Gasteiger partial charge in [0.1, 0.15) is 0 Å². The molecule has 0 saturated heterocycles. The predicted octanol–water partition coefficient (Wildman–Crippen LogP) is 3.92. The molecular formula is C11H14Cl2O2S. The van der Waals surface area contributed by atoms with E-state index in [4.69, 9.17) is 22.3 Å². The second-order valence-corrected chi connectivity index (χ2v) is 7.03. The Labute approximate surface area is 106 Å². The molecule has 1 unspecified atom stereocenters. The summed E-state index contributed by atoms with van der Waals surface area (Å²) in [5, 5.41) is 0.604. The average molecular weight is 281 g/mol. The summed E-state index contributed by atoms with van der Waals surface area (Å²) >= 11 is 6.09. The fraction of sp³-hybridized carbons (Fsp3) is 0.455. The van der Waals surface area contributed by atoms with Crippen LogP contribution in [0.5, 0.6) is 0 Å². The molecule has 1 aromatic rings. The quantitative estimate of drug-likeness (QED) is 0.784. The summed E-state index contributed by atoms with van der Waals surface area (Å²) in [4.78, 5) is 0. The van der Waals surface area contributed by atoms with E-state index in [1.807, 2.05) is 6.07 Å². The van der Waals surface area contributed by atoms with Gasteiger partial charge < -0.3 is 0 Å². The number of hydrogen-bond donors (Lipinski definition) is 0. The first-order chi connectivity index (χ1) is 7.33. The van der Waals surface area contributed by atoms with Crippen molar-refractivity contribution < 1.29 is 8.42 Å². The first-order valence-electron chi connectivity index (χ1n) is 5.04. The molecule has 0 radical (unpaired) electrons. The highest BCUT2D eigenvalue weighted by Gasteiger charge is 2.11. The molecule has 0 saturated carbocycles. The molecule has 0 N–H and O–H groups in total. The van der Waals surface area contributed by atoms with Crippen molar-refractivity contribution in [3.63, 3.8) is 0 Å². The van der Waals surface area contributed by atoms with Gasteiger partial charge in [-0.15, -0.1) is 0 Å². The lowest BCUT2D eigenvalue weighted by Gasteiger charge is -2.12. The van der Waals surface area contributed by atoms with Gasteiger partial charge in [0.25, 0.3) is 0 Å². The summed E-state index contributed by atoms with van der Waals surface area (Å²) in [5.41, 5.74) is 1.66. The van der Waals surface area contributed by atoms with Crippen molar-refractivity contribution >= 4 is 31.3 Å². The number of benzene rings is 1. The third kappa shape index (κ3) is 3.96. The molecule has 0 fully saturated rings. The van der Waals surface area contributed by atoms with Crippen LogP contribution in [0.15, 0.2) is 18.2 Å². The SMILES string of the molecule is CCC(C)c1ccc(CS(=O)(=O)Cl)cc1Cl. The van der Waals surface area contributed by atoms with Crippen molar-refractivity contribution in [1.82, 2.24) is 0 Å². The minimum Gasteiger partial charge on any atom is -0.212 e. The van der Waals surface area contributed by atoms with Gasteiger partial charge in [-0.3, -0.25) is 0 Å². The molecule has 0 spiro atoms. The maximum absolute atomic E-state index is 10.9. The van der Waals surface area contributed by atoms with Crippen LogP contribution in [0.25, 0.3) is 0 Å². The molecule has 0 aliphatic heterocycles. The first kappa shape index (κ1) is 13.8. The Balaban J connectivity index is 3.00. The van der Waals surface area contributed by atoms with E-state index in [-0.39, 0.29) is 5.75 Å². The lowest BCUT2D eigenvalue weighted by atomic mass is 9.98. The van der Waals surface area contributed by atoms with Crippen LogP contribution >= 0.6 is 22.3 Å². The van der Waals surface area contributed by atoms with Gasteiger partial charge in [-0.1, -0.05) is 37.6 Å². The molecule has 0 amide bonds. The standard InChI is InChI=1S/C11H14Cl2O2S/c1-3-8(2)10-5-4-9(6-11(10)12)7-16(13,14)15/h4-6,8H,3,7H2,1-2H3. The molecule has 0 heterocycles. The largest absolute Gasteiger partial charge is 0.236 e. The molecule has 5 heteroatoms. The monoisotopic (exact) mass is 280 g/mol. The van der Waals surface area contributed by atoms with Crippen LogP contribution in [0.3, 0.4) is 0 Å². The van der Waals surface area contributed by atoms with Gasteiger partial charge in [-0.05, 0) is 29.5 Å². The Morgan fingerprint density at radius 1 is 1.38 bits per heavy atom. The van der Waals surface area contributed by atoms with Crippen LogP contribution < -0.4 is 0 Å². The average Bonchev–Trinajstić information content (AvgIpc) is 2.14. The molecule has 0 aliphatic rings. The molecule has 1 rings (SSSR count). The predicted molar refractivity (Wildman–Crippen MR) is 68.6 cm³/mol. The Kier molecular flexibility index (Phi) is 4.65. The minimum atomic E-state index is -3.52. The van der Waals surface area contributed by atoms with E-state index >= 15 is 0 Å². The third-order valence-electron chi connectivity index (χ3n) is 2.55.